The first-order valence-corrected chi connectivity index (χ1v) is 11.2. The Hall–Kier alpha value is -2.77. The van der Waals surface area contributed by atoms with Crippen LogP contribution >= 0.6 is 0 Å². The molecule has 3 rings (SSSR count). The summed E-state index contributed by atoms with van der Waals surface area (Å²) in [5, 5.41) is 6.74. The lowest BCUT2D eigenvalue weighted by Gasteiger charge is -2.18. The number of guanidine groups is 1. The number of hydrogen-bond donors (Lipinski definition) is 2. The van der Waals surface area contributed by atoms with Crippen LogP contribution in [0.15, 0.2) is 47.5 Å². The van der Waals surface area contributed by atoms with Gasteiger partial charge in [-0.1, -0.05) is 24.3 Å². The topological polar surface area (TPSA) is 73.3 Å². The summed E-state index contributed by atoms with van der Waals surface area (Å²) in [6, 6.07) is 14.3. The van der Waals surface area contributed by atoms with Gasteiger partial charge in [0.15, 0.2) is 5.96 Å². The molecule has 1 unspecified atom stereocenters. The van der Waals surface area contributed by atoms with E-state index in [0.29, 0.717) is 32.9 Å². The summed E-state index contributed by atoms with van der Waals surface area (Å²) in [7, 11) is 1.66. The molecule has 2 aromatic rings. The van der Waals surface area contributed by atoms with E-state index in [1.54, 1.807) is 7.11 Å². The Labute approximate surface area is 191 Å². The molecule has 0 bridgehead atoms. The van der Waals surface area contributed by atoms with Crippen LogP contribution in [-0.2, 0) is 22.6 Å². The number of aryl methyl sites for hydroxylation is 1. The van der Waals surface area contributed by atoms with Gasteiger partial charge in [0, 0.05) is 32.2 Å². The van der Waals surface area contributed by atoms with E-state index in [0.717, 1.165) is 48.2 Å². The van der Waals surface area contributed by atoms with Crippen molar-refractivity contribution < 1.29 is 18.9 Å². The summed E-state index contributed by atoms with van der Waals surface area (Å²) < 4.78 is 22.3. The van der Waals surface area contributed by atoms with E-state index in [2.05, 4.69) is 42.7 Å². The van der Waals surface area contributed by atoms with Crippen molar-refractivity contribution in [1.29, 1.82) is 0 Å². The number of methoxy groups -OCH3 is 1. The third kappa shape index (κ3) is 7.73. The molecule has 1 atom stereocenters. The van der Waals surface area contributed by atoms with Crippen LogP contribution in [-0.4, -0.2) is 52.1 Å². The first-order valence-electron chi connectivity index (χ1n) is 11.2. The second-order valence-corrected chi connectivity index (χ2v) is 7.75. The maximum absolute atomic E-state index is 6.21. The minimum atomic E-state index is 0.124. The highest BCUT2D eigenvalue weighted by Gasteiger charge is 2.18. The maximum atomic E-state index is 6.21. The van der Waals surface area contributed by atoms with Gasteiger partial charge in [0.05, 0.1) is 26.4 Å². The maximum Gasteiger partial charge on any atom is 0.191 e. The minimum Gasteiger partial charge on any atom is -0.491 e. The van der Waals surface area contributed by atoms with Crippen molar-refractivity contribution in [3.8, 4) is 11.5 Å². The van der Waals surface area contributed by atoms with E-state index in [4.69, 9.17) is 23.9 Å². The quantitative estimate of drug-likeness (QED) is 0.316. The van der Waals surface area contributed by atoms with Crippen molar-refractivity contribution in [2.45, 2.75) is 39.5 Å². The number of nitrogens with one attached hydrogen (secondary N) is 2. The van der Waals surface area contributed by atoms with Crippen LogP contribution in [0.4, 0.5) is 0 Å². The van der Waals surface area contributed by atoms with Crippen molar-refractivity contribution in [3.63, 3.8) is 0 Å². The summed E-state index contributed by atoms with van der Waals surface area (Å²) in [6.45, 7) is 8.66. The number of rotatable bonds is 11. The Balaban J connectivity index is 1.58. The fourth-order valence-electron chi connectivity index (χ4n) is 3.33. The standard InChI is InChI=1S/C25H35N3O4/c1-4-26-25(27-16-20-6-9-22(10-7-20)31-14-13-29-3)28-17-21-8-5-19(2)15-24(21)32-23-11-12-30-18-23/h5-10,15,23H,4,11-14,16-18H2,1-3H3,(H2,26,27,28). The average Bonchev–Trinajstić information content (AvgIpc) is 3.31. The first-order chi connectivity index (χ1) is 15.7. The number of hydrogen-bond acceptors (Lipinski definition) is 5. The lowest BCUT2D eigenvalue weighted by atomic mass is 10.1. The van der Waals surface area contributed by atoms with E-state index < -0.39 is 0 Å². The van der Waals surface area contributed by atoms with Crippen LogP contribution in [0, 0.1) is 6.92 Å². The molecule has 1 saturated heterocycles. The zero-order valence-corrected chi connectivity index (χ0v) is 19.4. The van der Waals surface area contributed by atoms with Gasteiger partial charge in [0.2, 0.25) is 0 Å². The van der Waals surface area contributed by atoms with Crippen LogP contribution in [0.25, 0.3) is 0 Å². The van der Waals surface area contributed by atoms with Crippen LogP contribution in [0.1, 0.15) is 30.0 Å². The third-order valence-corrected chi connectivity index (χ3v) is 5.09. The van der Waals surface area contributed by atoms with Gasteiger partial charge in [-0.2, -0.15) is 0 Å². The minimum absolute atomic E-state index is 0.124. The molecule has 0 radical (unpaired) electrons. The zero-order chi connectivity index (χ0) is 22.6. The Kier molecular flexibility index (Phi) is 9.65. The molecule has 1 aliphatic heterocycles. The van der Waals surface area contributed by atoms with Crippen molar-refractivity contribution in [3.05, 3.63) is 59.2 Å². The Morgan fingerprint density at radius 3 is 2.69 bits per heavy atom. The lowest BCUT2D eigenvalue weighted by molar-refractivity contribution is 0.140. The highest BCUT2D eigenvalue weighted by atomic mass is 16.5. The van der Waals surface area contributed by atoms with Crippen LogP contribution in [0.2, 0.25) is 0 Å². The smallest absolute Gasteiger partial charge is 0.191 e. The predicted molar refractivity (Wildman–Crippen MR) is 126 cm³/mol. The normalized spacial score (nSPS) is 16.1. The number of nitrogens with zero attached hydrogens (tertiary/aromatic N) is 1. The molecule has 0 aliphatic carbocycles. The molecule has 0 amide bonds. The fraction of sp³-hybridized carbons (Fsp3) is 0.480. The van der Waals surface area contributed by atoms with E-state index in [1.165, 1.54) is 5.56 Å². The van der Waals surface area contributed by atoms with Crippen LogP contribution in [0.3, 0.4) is 0 Å². The molecule has 1 heterocycles. The molecule has 7 heteroatoms. The third-order valence-electron chi connectivity index (χ3n) is 5.09. The van der Waals surface area contributed by atoms with E-state index in [9.17, 15) is 0 Å². The Bertz CT molecular complexity index is 849. The molecule has 7 nitrogen and oxygen atoms in total. The number of aliphatic imine (C=N–C) groups is 1. The second-order valence-electron chi connectivity index (χ2n) is 7.75. The zero-order valence-electron chi connectivity index (χ0n) is 19.4. The monoisotopic (exact) mass is 441 g/mol. The Morgan fingerprint density at radius 2 is 1.97 bits per heavy atom. The van der Waals surface area contributed by atoms with Gasteiger partial charge in [-0.15, -0.1) is 0 Å². The summed E-state index contributed by atoms with van der Waals surface area (Å²) in [6.07, 6.45) is 1.06. The summed E-state index contributed by atoms with van der Waals surface area (Å²) in [5.74, 6) is 2.51. The van der Waals surface area contributed by atoms with Gasteiger partial charge < -0.3 is 29.6 Å². The largest absolute Gasteiger partial charge is 0.491 e. The van der Waals surface area contributed by atoms with Gasteiger partial charge in [0.1, 0.15) is 24.2 Å². The van der Waals surface area contributed by atoms with Crippen molar-refractivity contribution >= 4 is 5.96 Å². The van der Waals surface area contributed by atoms with Gasteiger partial charge in [-0.05, 0) is 43.2 Å². The summed E-state index contributed by atoms with van der Waals surface area (Å²) in [4.78, 5) is 4.73. The molecular weight excluding hydrogens is 406 g/mol. The predicted octanol–water partition coefficient (Wildman–Crippen LogP) is 3.44. The van der Waals surface area contributed by atoms with Crippen molar-refractivity contribution in [1.82, 2.24) is 10.6 Å². The van der Waals surface area contributed by atoms with Gasteiger partial charge in [-0.25, -0.2) is 4.99 Å². The first kappa shape index (κ1) is 23.9. The lowest BCUT2D eigenvalue weighted by Crippen LogP contribution is -2.37. The second kappa shape index (κ2) is 12.9. The van der Waals surface area contributed by atoms with Crippen molar-refractivity contribution in [2.24, 2.45) is 4.99 Å². The Morgan fingerprint density at radius 1 is 1.12 bits per heavy atom. The average molecular weight is 442 g/mol. The molecule has 0 saturated carbocycles. The van der Waals surface area contributed by atoms with E-state index in [-0.39, 0.29) is 6.10 Å². The van der Waals surface area contributed by atoms with Gasteiger partial charge >= 0.3 is 0 Å². The highest BCUT2D eigenvalue weighted by Crippen LogP contribution is 2.23. The molecule has 1 fully saturated rings. The summed E-state index contributed by atoms with van der Waals surface area (Å²) in [5.41, 5.74) is 3.39. The SMILES string of the molecule is CCNC(=NCc1ccc(OCCOC)cc1)NCc1ccc(C)cc1OC1CCOC1. The number of ether oxygens (including phenoxy) is 4. The van der Waals surface area contributed by atoms with Crippen LogP contribution < -0.4 is 20.1 Å². The molecular formula is C25H35N3O4. The fourth-order valence-corrected chi connectivity index (χ4v) is 3.33. The summed E-state index contributed by atoms with van der Waals surface area (Å²) >= 11 is 0. The van der Waals surface area contributed by atoms with Gasteiger partial charge in [0.25, 0.3) is 0 Å². The highest BCUT2D eigenvalue weighted by molar-refractivity contribution is 5.79. The molecule has 1 aliphatic rings. The van der Waals surface area contributed by atoms with Gasteiger partial charge in [-0.3, -0.25) is 0 Å². The number of benzene rings is 2. The molecule has 2 aromatic carbocycles. The molecule has 0 spiro atoms. The van der Waals surface area contributed by atoms with Crippen molar-refractivity contribution in [2.75, 3.05) is 40.1 Å². The van der Waals surface area contributed by atoms with Crippen LogP contribution in [0.5, 0.6) is 11.5 Å². The molecule has 0 aromatic heterocycles. The van der Waals surface area contributed by atoms with E-state index >= 15 is 0 Å². The molecule has 174 valence electrons. The molecule has 2 N–H and O–H groups in total. The van der Waals surface area contributed by atoms with E-state index in [1.807, 2.05) is 24.3 Å². The molecule has 32 heavy (non-hydrogen) atoms.